The molecule has 1 aromatic heterocycles. The molecule has 0 bridgehead atoms. The van der Waals surface area contributed by atoms with Crippen LogP contribution < -0.4 is 5.32 Å². The van der Waals surface area contributed by atoms with Gasteiger partial charge in [-0.2, -0.15) is 0 Å². The number of hydrogen-bond acceptors (Lipinski definition) is 2. The van der Waals surface area contributed by atoms with E-state index in [1.807, 2.05) is 97.2 Å². The van der Waals surface area contributed by atoms with Crippen LogP contribution in [0.25, 0.3) is 10.8 Å². The molecule has 0 radical (unpaired) electrons. The molecule has 1 heterocycles. The van der Waals surface area contributed by atoms with Crippen molar-refractivity contribution in [1.29, 1.82) is 0 Å². The van der Waals surface area contributed by atoms with Crippen molar-refractivity contribution in [1.82, 2.24) is 0 Å². The number of thiophene rings is 1. The first-order chi connectivity index (χ1) is 14.2. The van der Waals surface area contributed by atoms with E-state index in [1.54, 1.807) is 11.3 Å². The molecule has 4 aromatic rings. The Balaban J connectivity index is 1.79. The van der Waals surface area contributed by atoms with Gasteiger partial charge in [-0.15, -0.1) is 11.3 Å². The third kappa shape index (κ3) is 3.81. The molecule has 0 saturated carbocycles. The molecule has 4 rings (SSSR count). The quantitative estimate of drug-likeness (QED) is 0.407. The summed E-state index contributed by atoms with van der Waals surface area (Å²) in [6.07, 6.45) is 0.575. The maximum Gasteiger partial charge on any atom is 0.247 e. The van der Waals surface area contributed by atoms with Gasteiger partial charge in [0.2, 0.25) is 5.91 Å². The van der Waals surface area contributed by atoms with Crippen molar-refractivity contribution in [2.75, 3.05) is 5.32 Å². The Morgan fingerprint density at radius 3 is 2.45 bits per heavy atom. The monoisotopic (exact) mass is 395 g/mol. The number of carbonyl (C=O) groups is 1. The van der Waals surface area contributed by atoms with Gasteiger partial charge < -0.3 is 5.32 Å². The molecule has 2 nitrogen and oxygen atoms in total. The van der Waals surface area contributed by atoms with Crippen LogP contribution in [-0.2, 0) is 10.2 Å². The van der Waals surface area contributed by atoms with Crippen LogP contribution in [0, 0.1) is 11.8 Å². The number of carbonyl (C=O) groups excluding carboxylic acids is 1. The van der Waals surface area contributed by atoms with Crippen molar-refractivity contribution in [3.8, 4) is 11.8 Å². The number of nitrogens with one attached hydrogen (secondary N) is 1. The predicted octanol–water partition coefficient (Wildman–Crippen LogP) is 6.24. The first-order valence-electron chi connectivity index (χ1n) is 9.64. The predicted molar refractivity (Wildman–Crippen MR) is 122 cm³/mol. The van der Waals surface area contributed by atoms with Crippen LogP contribution in [-0.4, -0.2) is 5.91 Å². The third-order valence-corrected chi connectivity index (χ3v) is 5.93. The van der Waals surface area contributed by atoms with Gasteiger partial charge in [0.05, 0.1) is 4.88 Å². The molecular formula is C26H21NOS. The summed E-state index contributed by atoms with van der Waals surface area (Å²) in [6, 6.07) is 27.8. The lowest BCUT2D eigenvalue weighted by Gasteiger charge is -2.27. The number of amides is 1. The zero-order valence-corrected chi connectivity index (χ0v) is 17.0. The highest BCUT2D eigenvalue weighted by molar-refractivity contribution is 7.10. The zero-order chi connectivity index (χ0) is 20.1. The SMILES string of the molecule is CC[C@](C#Cc1cccs1)(C(=O)Nc1cccc2ccccc12)c1ccccc1. The van der Waals surface area contributed by atoms with E-state index < -0.39 is 5.41 Å². The van der Waals surface area contributed by atoms with E-state index in [0.29, 0.717) is 6.42 Å². The molecule has 142 valence electrons. The van der Waals surface area contributed by atoms with Crippen molar-refractivity contribution in [2.24, 2.45) is 0 Å². The van der Waals surface area contributed by atoms with E-state index in [-0.39, 0.29) is 5.91 Å². The number of benzene rings is 3. The van der Waals surface area contributed by atoms with Gasteiger partial charge in [-0.1, -0.05) is 91.6 Å². The normalized spacial score (nSPS) is 12.6. The van der Waals surface area contributed by atoms with Gasteiger partial charge in [0.15, 0.2) is 0 Å². The van der Waals surface area contributed by atoms with Crippen molar-refractivity contribution < 1.29 is 4.79 Å². The third-order valence-electron chi connectivity index (χ3n) is 5.14. The van der Waals surface area contributed by atoms with Crippen molar-refractivity contribution in [3.05, 3.63) is 101 Å². The summed E-state index contributed by atoms with van der Waals surface area (Å²) in [5.74, 6) is 6.44. The van der Waals surface area contributed by atoms with E-state index >= 15 is 0 Å². The summed E-state index contributed by atoms with van der Waals surface area (Å²) in [5, 5.41) is 7.28. The summed E-state index contributed by atoms with van der Waals surface area (Å²) < 4.78 is 0. The fraction of sp³-hybridized carbons (Fsp3) is 0.115. The lowest BCUT2D eigenvalue weighted by atomic mass is 9.77. The Morgan fingerprint density at radius 1 is 0.931 bits per heavy atom. The van der Waals surface area contributed by atoms with Gasteiger partial charge in [0.25, 0.3) is 0 Å². The lowest BCUT2D eigenvalue weighted by molar-refractivity contribution is -0.119. The van der Waals surface area contributed by atoms with Gasteiger partial charge in [0, 0.05) is 11.1 Å². The minimum atomic E-state index is -0.928. The van der Waals surface area contributed by atoms with E-state index in [0.717, 1.165) is 26.9 Å². The summed E-state index contributed by atoms with van der Waals surface area (Å²) in [6.45, 7) is 2.01. The molecule has 0 fully saturated rings. The highest BCUT2D eigenvalue weighted by Gasteiger charge is 2.37. The molecule has 0 aliphatic heterocycles. The Kier molecular flexibility index (Phi) is 5.46. The number of rotatable bonds is 4. The summed E-state index contributed by atoms with van der Waals surface area (Å²) in [4.78, 5) is 14.6. The molecule has 29 heavy (non-hydrogen) atoms. The van der Waals surface area contributed by atoms with Gasteiger partial charge in [-0.25, -0.2) is 0 Å². The average Bonchev–Trinajstić information content (AvgIpc) is 3.29. The molecule has 0 saturated heterocycles. The van der Waals surface area contributed by atoms with Crippen LogP contribution in [0.3, 0.4) is 0 Å². The second-order valence-electron chi connectivity index (χ2n) is 6.83. The summed E-state index contributed by atoms with van der Waals surface area (Å²) in [5.41, 5.74) is 0.784. The van der Waals surface area contributed by atoms with E-state index in [4.69, 9.17) is 0 Å². The second-order valence-corrected chi connectivity index (χ2v) is 7.78. The standard InChI is InChI=1S/C26H21NOS/c1-2-26(21-12-4-3-5-13-21,18-17-22-14-9-19-29-22)25(28)27-24-16-8-11-20-10-6-7-15-23(20)24/h3-16,19H,2H2,1H3,(H,27,28)/t26-/m1/s1. The van der Waals surface area contributed by atoms with Gasteiger partial charge >= 0.3 is 0 Å². The van der Waals surface area contributed by atoms with E-state index in [2.05, 4.69) is 17.2 Å². The van der Waals surface area contributed by atoms with Gasteiger partial charge in [-0.3, -0.25) is 4.79 Å². The molecule has 3 aromatic carbocycles. The topological polar surface area (TPSA) is 29.1 Å². The van der Waals surface area contributed by atoms with E-state index in [9.17, 15) is 4.79 Å². The van der Waals surface area contributed by atoms with E-state index in [1.165, 1.54) is 0 Å². The first kappa shape index (κ1) is 19.0. The number of anilines is 1. The van der Waals surface area contributed by atoms with Crippen molar-refractivity contribution >= 4 is 33.7 Å². The second kappa shape index (κ2) is 8.34. The van der Waals surface area contributed by atoms with Crippen molar-refractivity contribution in [3.63, 3.8) is 0 Å². The molecule has 0 spiro atoms. The van der Waals surface area contributed by atoms with Gasteiger partial charge in [0.1, 0.15) is 5.41 Å². The Morgan fingerprint density at radius 2 is 1.69 bits per heavy atom. The zero-order valence-electron chi connectivity index (χ0n) is 16.2. The molecule has 0 unspecified atom stereocenters. The molecule has 0 aliphatic carbocycles. The average molecular weight is 396 g/mol. The minimum Gasteiger partial charge on any atom is -0.324 e. The summed E-state index contributed by atoms with van der Waals surface area (Å²) in [7, 11) is 0. The molecule has 1 amide bonds. The molecule has 3 heteroatoms. The molecule has 1 N–H and O–H groups in total. The number of hydrogen-bond donors (Lipinski definition) is 1. The molecular weight excluding hydrogens is 374 g/mol. The van der Waals surface area contributed by atoms with Crippen molar-refractivity contribution in [2.45, 2.75) is 18.8 Å². The maximum atomic E-state index is 13.7. The highest BCUT2D eigenvalue weighted by atomic mass is 32.1. The lowest BCUT2D eigenvalue weighted by Crippen LogP contribution is -2.39. The maximum absolute atomic E-state index is 13.7. The fourth-order valence-corrected chi connectivity index (χ4v) is 4.09. The first-order valence-corrected chi connectivity index (χ1v) is 10.5. The van der Waals surface area contributed by atoms with Gasteiger partial charge in [-0.05, 0) is 34.9 Å². The Labute approximate surface area is 175 Å². The summed E-state index contributed by atoms with van der Waals surface area (Å²) >= 11 is 1.58. The minimum absolute atomic E-state index is 0.105. The van der Waals surface area contributed by atoms with Crippen LogP contribution in [0.15, 0.2) is 90.3 Å². The van der Waals surface area contributed by atoms with Crippen LogP contribution in [0.1, 0.15) is 23.8 Å². The Bertz CT molecular complexity index is 1180. The fourth-order valence-electron chi connectivity index (χ4n) is 3.52. The Hall–Kier alpha value is -3.35. The highest BCUT2D eigenvalue weighted by Crippen LogP contribution is 2.31. The van der Waals surface area contributed by atoms with Crippen LogP contribution in [0.5, 0.6) is 0 Å². The smallest absolute Gasteiger partial charge is 0.247 e. The molecule has 0 aliphatic rings. The largest absolute Gasteiger partial charge is 0.324 e. The van der Waals surface area contributed by atoms with Crippen LogP contribution in [0.4, 0.5) is 5.69 Å². The van der Waals surface area contributed by atoms with Crippen LogP contribution in [0.2, 0.25) is 0 Å². The number of fused-ring (bicyclic) bond motifs is 1. The van der Waals surface area contributed by atoms with Crippen LogP contribution >= 0.6 is 11.3 Å². The molecule has 1 atom stereocenters.